The number of imidazole rings is 1. The zero-order valence-corrected chi connectivity index (χ0v) is 13.6. The number of hydrogen-bond donors (Lipinski definition) is 1. The Bertz CT molecular complexity index is 950. The van der Waals surface area contributed by atoms with Gasteiger partial charge in [0.2, 0.25) is 10.0 Å². The van der Waals surface area contributed by atoms with E-state index >= 15 is 0 Å². The SMILES string of the molecule is O=S(=O)(/C=C/c1ccccc1)NCc1cn2cc(Cl)ccc2n1. The maximum atomic E-state index is 12.0. The summed E-state index contributed by atoms with van der Waals surface area (Å²) in [4.78, 5) is 4.33. The van der Waals surface area contributed by atoms with Crippen molar-refractivity contribution in [3.05, 3.63) is 76.5 Å². The van der Waals surface area contributed by atoms with E-state index < -0.39 is 10.0 Å². The zero-order valence-electron chi connectivity index (χ0n) is 12.1. The Kier molecular flexibility index (Phi) is 4.47. The molecular weight excluding hydrogens is 334 g/mol. The number of halogens is 1. The van der Waals surface area contributed by atoms with Crippen LogP contribution in [0.25, 0.3) is 11.7 Å². The minimum absolute atomic E-state index is 0.112. The highest BCUT2D eigenvalue weighted by molar-refractivity contribution is 7.92. The summed E-state index contributed by atoms with van der Waals surface area (Å²) in [5.41, 5.74) is 2.15. The monoisotopic (exact) mass is 347 g/mol. The van der Waals surface area contributed by atoms with Crippen molar-refractivity contribution in [1.82, 2.24) is 14.1 Å². The molecule has 3 aromatic rings. The number of aromatic nitrogens is 2. The van der Waals surface area contributed by atoms with Crippen molar-refractivity contribution in [3.8, 4) is 0 Å². The molecule has 0 atom stereocenters. The highest BCUT2D eigenvalue weighted by Gasteiger charge is 2.08. The molecule has 23 heavy (non-hydrogen) atoms. The van der Waals surface area contributed by atoms with E-state index in [-0.39, 0.29) is 6.54 Å². The van der Waals surface area contributed by atoms with E-state index in [1.807, 2.05) is 30.3 Å². The lowest BCUT2D eigenvalue weighted by Gasteiger charge is -1.99. The Morgan fingerprint density at radius 1 is 1.13 bits per heavy atom. The quantitative estimate of drug-likeness (QED) is 0.771. The van der Waals surface area contributed by atoms with E-state index in [2.05, 4.69) is 9.71 Å². The van der Waals surface area contributed by atoms with Crippen molar-refractivity contribution in [2.24, 2.45) is 0 Å². The van der Waals surface area contributed by atoms with Gasteiger partial charge in [0.05, 0.1) is 17.3 Å². The minimum Gasteiger partial charge on any atom is -0.305 e. The Balaban J connectivity index is 1.69. The van der Waals surface area contributed by atoms with Crippen LogP contribution in [0.3, 0.4) is 0 Å². The molecule has 3 rings (SSSR count). The number of hydrogen-bond acceptors (Lipinski definition) is 3. The molecule has 118 valence electrons. The Morgan fingerprint density at radius 3 is 2.70 bits per heavy atom. The molecule has 0 spiro atoms. The van der Waals surface area contributed by atoms with Gasteiger partial charge in [0, 0.05) is 17.8 Å². The molecule has 1 aromatic carbocycles. The highest BCUT2D eigenvalue weighted by atomic mass is 35.5. The summed E-state index contributed by atoms with van der Waals surface area (Å²) in [7, 11) is -3.53. The summed E-state index contributed by atoms with van der Waals surface area (Å²) < 4.78 is 28.2. The average molecular weight is 348 g/mol. The predicted molar refractivity (Wildman–Crippen MR) is 91.4 cm³/mol. The van der Waals surface area contributed by atoms with Gasteiger partial charge in [0.15, 0.2) is 0 Å². The molecule has 0 unspecified atom stereocenters. The summed E-state index contributed by atoms with van der Waals surface area (Å²) in [6, 6.07) is 12.7. The molecule has 0 radical (unpaired) electrons. The molecule has 0 saturated heterocycles. The first-order valence-corrected chi connectivity index (χ1v) is 8.80. The smallest absolute Gasteiger partial charge is 0.234 e. The molecule has 7 heteroatoms. The molecule has 0 aliphatic heterocycles. The fourth-order valence-electron chi connectivity index (χ4n) is 2.06. The predicted octanol–water partition coefficient (Wildman–Crippen LogP) is 3.08. The molecule has 0 aliphatic rings. The second-order valence-corrected chi connectivity index (χ2v) is 7.01. The van der Waals surface area contributed by atoms with E-state index in [1.165, 1.54) is 0 Å². The third kappa shape index (κ3) is 4.19. The lowest BCUT2D eigenvalue weighted by Crippen LogP contribution is -2.20. The van der Waals surface area contributed by atoms with E-state index in [0.717, 1.165) is 11.0 Å². The Morgan fingerprint density at radius 2 is 1.91 bits per heavy atom. The van der Waals surface area contributed by atoms with Crippen LogP contribution < -0.4 is 4.72 Å². The van der Waals surface area contributed by atoms with E-state index in [0.29, 0.717) is 16.4 Å². The summed E-state index contributed by atoms with van der Waals surface area (Å²) in [6.45, 7) is 0.112. The highest BCUT2D eigenvalue weighted by Crippen LogP contribution is 2.12. The van der Waals surface area contributed by atoms with Crippen LogP contribution in [0, 0.1) is 0 Å². The molecule has 0 bridgehead atoms. The maximum absolute atomic E-state index is 12.0. The lowest BCUT2D eigenvalue weighted by molar-refractivity contribution is 0.590. The molecule has 2 heterocycles. The molecule has 0 saturated carbocycles. The number of nitrogens with zero attached hydrogens (tertiary/aromatic N) is 2. The Hall–Kier alpha value is -2.15. The van der Waals surface area contributed by atoms with Gasteiger partial charge in [-0.25, -0.2) is 18.1 Å². The second-order valence-electron chi connectivity index (χ2n) is 4.92. The van der Waals surface area contributed by atoms with Gasteiger partial charge in [-0.2, -0.15) is 0 Å². The third-order valence-electron chi connectivity index (χ3n) is 3.16. The van der Waals surface area contributed by atoms with Crippen LogP contribution in [-0.2, 0) is 16.6 Å². The van der Waals surface area contributed by atoms with Gasteiger partial charge in [-0.1, -0.05) is 41.9 Å². The van der Waals surface area contributed by atoms with Crippen molar-refractivity contribution in [2.75, 3.05) is 0 Å². The van der Waals surface area contributed by atoms with Gasteiger partial charge in [-0.05, 0) is 23.8 Å². The number of sulfonamides is 1. The average Bonchev–Trinajstić information content (AvgIpc) is 2.94. The van der Waals surface area contributed by atoms with Crippen molar-refractivity contribution < 1.29 is 8.42 Å². The van der Waals surface area contributed by atoms with Gasteiger partial charge in [-0.3, -0.25) is 0 Å². The van der Waals surface area contributed by atoms with Crippen molar-refractivity contribution >= 4 is 33.3 Å². The van der Waals surface area contributed by atoms with Gasteiger partial charge < -0.3 is 4.40 Å². The van der Waals surface area contributed by atoms with Crippen LogP contribution in [0.1, 0.15) is 11.3 Å². The third-order valence-corrected chi connectivity index (χ3v) is 4.42. The van der Waals surface area contributed by atoms with E-state index in [9.17, 15) is 8.42 Å². The van der Waals surface area contributed by atoms with Crippen molar-refractivity contribution in [3.63, 3.8) is 0 Å². The fourth-order valence-corrected chi connectivity index (χ4v) is 3.01. The molecular formula is C16H14ClN3O2S. The van der Waals surface area contributed by atoms with Crippen molar-refractivity contribution in [1.29, 1.82) is 0 Å². The number of fused-ring (bicyclic) bond motifs is 1. The van der Waals surface area contributed by atoms with Crippen LogP contribution in [0.2, 0.25) is 5.02 Å². The topological polar surface area (TPSA) is 63.5 Å². The van der Waals surface area contributed by atoms with Crippen LogP contribution in [0.5, 0.6) is 0 Å². The summed E-state index contributed by atoms with van der Waals surface area (Å²) in [5, 5.41) is 1.74. The number of nitrogens with one attached hydrogen (secondary N) is 1. The van der Waals surface area contributed by atoms with E-state index in [1.54, 1.807) is 35.0 Å². The molecule has 1 N–H and O–H groups in total. The largest absolute Gasteiger partial charge is 0.305 e. The van der Waals surface area contributed by atoms with Gasteiger partial charge >= 0.3 is 0 Å². The zero-order chi connectivity index (χ0) is 16.3. The minimum atomic E-state index is -3.53. The van der Waals surface area contributed by atoms with E-state index in [4.69, 9.17) is 11.6 Å². The maximum Gasteiger partial charge on any atom is 0.234 e. The van der Waals surface area contributed by atoms with Gasteiger partial charge in [0.1, 0.15) is 5.65 Å². The first kappa shape index (κ1) is 15.7. The van der Waals surface area contributed by atoms with Crippen LogP contribution in [0.4, 0.5) is 0 Å². The molecule has 2 aromatic heterocycles. The number of benzene rings is 1. The van der Waals surface area contributed by atoms with Gasteiger partial charge in [0.25, 0.3) is 0 Å². The normalized spacial score (nSPS) is 12.2. The summed E-state index contributed by atoms with van der Waals surface area (Å²) in [5.74, 6) is 0. The molecule has 0 fully saturated rings. The Labute approximate surface area is 139 Å². The standard InChI is InChI=1S/C16H14ClN3O2S/c17-14-6-7-16-19-15(12-20(16)11-14)10-18-23(21,22)9-8-13-4-2-1-3-5-13/h1-9,11-12,18H,10H2/b9-8+. The molecule has 0 amide bonds. The fraction of sp³-hybridized carbons (Fsp3) is 0.0625. The van der Waals surface area contributed by atoms with Crippen LogP contribution >= 0.6 is 11.6 Å². The number of pyridine rings is 1. The summed E-state index contributed by atoms with van der Waals surface area (Å²) in [6.07, 6.45) is 5.01. The first-order valence-electron chi connectivity index (χ1n) is 6.88. The van der Waals surface area contributed by atoms with Crippen LogP contribution in [0.15, 0.2) is 60.3 Å². The first-order chi connectivity index (χ1) is 11.0. The van der Waals surface area contributed by atoms with Crippen molar-refractivity contribution in [2.45, 2.75) is 6.54 Å². The molecule has 5 nitrogen and oxygen atoms in total. The summed E-state index contributed by atoms with van der Waals surface area (Å²) >= 11 is 5.91. The van der Waals surface area contributed by atoms with Crippen LogP contribution in [-0.4, -0.2) is 17.8 Å². The molecule has 0 aliphatic carbocycles. The number of rotatable bonds is 5. The van der Waals surface area contributed by atoms with Gasteiger partial charge in [-0.15, -0.1) is 0 Å². The second kappa shape index (κ2) is 6.54. The lowest BCUT2D eigenvalue weighted by atomic mass is 10.2.